The summed E-state index contributed by atoms with van der Waals surface area (Å²) in [6, 6.07) is 9.99. The predicted octanol–water partition coefficient (Wildman–Crippen LogP) is 3.13. The topological polar surface area (TPSA) is 94.2 Å². The fourth-order valence-corrected chi connectivity index (χ4v) is 5.71. The number of sulfonamides is 1. The number of hydrogen-bond donors (Lipinski definition) is 1. The van der Waals surface area contributed by atoms with Gasteiger partial charge in [-0.25, -0.2) is 8.42 Å². The number of piperidine rings is 1. The van der Waals surface area contributed by atoms with Gasteiger partial charge >= 0.3 is 0 Å². The third kappa shape index (κ3) is 5.90. The van der Waals surface area contributed by atoms with Gasteiger partial charge in [0.15, 0.2) is 11.5 Å². The molecule has 2 aromatic rings. The lowest BCUT2D eigenvalue weighted by molar-refractivity contribution is -0.126. The Morgan fingerprint density at radius 2 is 1.76 bits per heavy atom. The van der Waals surface area contributed by atoms with Gasteiger partial charge in [0.1, 0.15) is 5.75 Å². The van der Waals surface area contributed by atoms with Crippen LogP contribution in [0, 0.1) is 5.92 Å². The summed E-state index contributed by atoms with van der Waals surface area (Å²) in [6.07, 6.45) is 1.86. The quantitative estimate of drug-likeness (QED) is 0.573. The van der Waals surface area contributed by atoms with Crippen molar-refractivity contribution in [2.75, 3.05) is 41.0 Å². The highest BCUT2D eigenvalue weighted by Crippen LogP contribution is 2.30. The van der Waals surface area contributed by atoms with Gasteiger partial charge in [0.05, 0.1) is 37.2 Å². The van der Waals surface area contributed by atoms with Crippen molar-refractivity contribution >= 4 is 27.5 Å². The van der Waals surface area contributed by atoms with E-state index in [4.69, 9.17) is 25.8 Å². The van der Waals surface area contributed by atoms with Gasteiger partial charge in [-0.2, -0.15) is 4.31 Å². The lowest BCUT2D eigenvalue weighted by Gasteiger charge is -2.31. The molecule has 1 aliphatic heterocycles. The molecule has 1 amide bonds. The summed E-state index contributed by atoms with van der Waals surface area (Å²) in [4.78, 5) is 12.8. The van der Waals surface area contributed by atoms with Crippen molar-refractivity contribution in [3.8, 4) is 17.2 Å². The minimum absolute atomic E-state index is 0.0859. The molecule has 8 nitrogen and oxygen atoms in total. The van der Waals surface area contributed by atoms with E-state index in [1.165, 1.54) is 29.6 Å². The molecule has 2 aromatic carbocycles. The van der Waals surface area contributed by atoms with Crippen LogP contribution in [0.2, 0.25) is 5.02 Å². The summed E-state index contributed by atoms with van der Waals surface area (Å²) >= 11 is 6.11. The van der Waals surface area contributed by atoms with Crippen LogP contribution in [0.15, 0.2) is 41.3 Å². The molecule has 3 rings (SSSR count). The number of carbonyl (C=O) groups excluding carboxylic acids is 1. The number of methoxy groups -OCH3 is 3. The van der Waals surface area contributed by atoms with Crippen molar-refractivity contribution in [3.05, 3.63) is 47.0 Å². The lowest BCUT2D eigenvalue weighted by atomic mass is 9.99. The van der Waals surface area contributed by atoms with Gasteiger partial charge in [-0.15, -0.1) is 0 Å². The van der Waals surface area contributed by atoms with E-state index in [2.05, 4.69) is 5.32 Å². The molecular weight excluding hydrogens is 468 g/mol. The molecule has 1 atom stereocenters. The van der Waals surface area contributed by atoms with Crippen LogP contribution in [0.25, 0.3) is 0 Å². The average Bonchev–Trinajstić information content (AvgIpc) is 2.83. The molecule has 1 aliphatic rings. The smallest absolute Gasteiger partial charge is 0.243 e. The Kier molecular flexibility index (Phi) is 8.45. The SMILES string of the molecule is COc1ccc(S(=O)(=O)N2CCC[C@@H](C(=O)NCCc3ccc(OC)c(OC)c3)C2)cc1Cl. The van der Waals surface area contributed by atoms with E-state index in [1.807, 2.05) is 18.2 Å². The van der Waals surface area contributed by atoms with Crippen LogP contribution in [-0.4, -0.2) is 59.6 Å². The Labute approximate surface area is 199 Å². The minimum atomic E-state index is -3.77. The highest BCUT2D eigenvalue weighted by molar-refractivity contribution is 7.89. The zero-order valence-corrected chi connectivity index (χ0v) is 20.5. The zero-order valence-electron chi connectivity index (χ0n) is 19.0. The average molecular weight is 497 g/mol. The molecule has 1 N–H and O–H groups in total. The fourth-order valence-electron chi connectivity index (χ4n) is 3.84. The molecule has 180 valence electrons. The largest absolute Gasteiger partial charge is 0.495 e. The Morgan fingerprint density at radius 3 is 2.42 bits per heavy atom. The van der Waals surface area contributed by atoms with Gasteiger partial charge in [-0.3, -0.25) is 4.79 Å². The van der Waals surface area contributed by atoms with Crippen LogP contribution in [-0.2, 0) is 21.2 Å². The first-order valence-corrected chi connectivity index (χ1v) is 12.4. The number of rotatable bonds is 9. The summed E-state index contributed by atoms with van der Waals surface area (Å²) in [7, 11) is 0.854. The maximum Gasteiger partial charge on any atom is 0.243 e. The summed E-state index contributed by atoms with van der Waals surface area (Å²) in [5, 5.41) is 3.16. The van der Waals surface area contributed by atoms with Gasteiger partial charge in [0.2, 0.25) is 15.9 Å². The van der Waals surface area contributed by atoms with Crippen molar-refractivity contribution < 1.29 is 27.4 Å². The predicted molar refractivity (Wildman–Crippen MR) is 126 cm³/mol. The number of halogens is 1. The molecule has 1 heterocycles. The first-order chi connectivity index (χ1) is 15.8. The van der Waals surface area contributed by atoms with Gasteiger partial charge < -0.3 is 19.5 Å². The molecular formula is C23H29ClN2O6S. The Morgan fingerprint density at radius 1 is 1.06 bits per heavy atom. The third-order valence-corrected chi connectivity index (χ3v) is 7.83. The number of nitrogens with one attached hydrogen (secondary N) is 1. The van der Waals surface area contributed by atoms with Crippen molar-refractivity contribution in [3.63, 3.8) is 0 Å². The van der Waals surface area contributed by atoms with Crippen LogP contribution in [0.1, 0.15) is 18.4 Å². The molecule has 0 aliphatic carbocycles. The Balaban J connectivity index is 1.59. The van der Waals surface area contributed by atoms with E-state index >= 15 is 0 Å². The van der Waals surface area contributed by atoms with Gasteiger partial charge in [0.25, 0.3) is 0 Å². The third-order valence-electron chi connectivity index (χ3n) is 5.68. The normalized spacial score (nSPS) is 16.8. The molecule has 0 radical (unpaired) electrons. The Hall–Kier alpha value is -2.49. The van der Waals surface area contributed by atoms with E-state index in [0.29, 0.717) is 49.6 Å². The van der Waals surface area contributed by atoms with Crippen LogP contribution in [0.4, 0.5) is 0 Å². The van der Waals surface area contributed by atoms with Crippen molar-refractivity contribution in [1.29, 1.82) is 0 Å². The molecule has 0 unspecified atom stereocenters. The van der Waals surface area contributed by atoms with E-state index in [-0.39, 0.29) is 22.4 Å². The second kappa shape index (κ2) is 11.1. The maximum atomic E-state index is 13.1. The first kappa shape index (κ1) is 25.1. The summed E-state index contributed by atoms with van der Waals surface area (Å²) in [5.41, 5.74) is 0.997. The standard InChI is InChI=1S/C23H29ClN2O6S/c1-30-20-9-7-18(14-19(20)24)33(28,29)26-12-4-5-17(15-26)23(27)25-11-10-16-6-8-21(31-2)22(13-16)32-3/h6-9,13-14,17H,4-5,10-12,15H2,1-3H3,(H,25,27)/t17-/m1/s1. The van der Waals surface area contributed by atoms with E-state index in [9.17, 15) is 13.2 Å². The zero-order chi connectivity index (χ0) is 24.0. The van der Waals surface area contributed by atoms with Crippen LogP contribution in [0.5, 0.6) is 17.2 Å². The monoisotopic (exact) mass is 496 g/mol. The van der Waals surface area contributed by atoms with Gasteiger partial charge in [-0.05, 0) is 55.2 Å². The second-order valence-corrected chi connectivity index (χ2v) is 10.1. The summed E-state index contributed by atoms with van der Waals surface area (Å²) in [5.74, 6) is 1.12. The number of ether oxygens (including phenoxy) is 3. The second-order valence-electron chi connectivity index (χ2n) is 7.73. The van der Waals surface area contributed by atoms with Crippen molar-refractivity contribution in [2.45, 2.75) is 24.2 Å². The molecule has 1 fully saturated rings. The Bertz CT molecular complexity index is 1090. The first-order valence-electron chi connectivity index (χ1n) is 10.6. The minimum Gasteiger partial charge on any atom is -0.495 e. The molecule has 0 saturated carbocycles. The lowest BCUT2D eigenvalue weighted by Crippen LogP contribution is -2.45. The molecule has 0 bridgehead atoms. The van der Waals surface area contributed by atoms with E-state index < -0.39 is 15.9 Å². The van der Waals surface area contributed by atoms with Gasteiger partial charge in [-0.1, -0.05) is 17.7 Å². The number of amides is 1. The van der Waals surface area contributed by atoms with Crippen LogP contribution < -0.4 is 19.5 Å². The van der Waals surface area contributed by atoms with Crippen molar-refractivity contribution in [1.82, 2.24) is 9.62 Å². The highest BCUT2D eigenvalue weighted by atomic mass is 35.5. The molecule has 0 aromatic heterocycles. The molecule has 0 spiro atoms. The molecule has 33 heavy (non-hydrogen) atoms. The molecule has 10 heteroatoms. The summed E-state index contributed by atoms with van der Waals surface area (Å²) < 4.78 is 43.2. The fraction of sp³-hybridized carbons (Fsp3) is 0.435. The van der Waals surface area contributed by atoms with Crippen molar-refractivity contribution in [2.24, 2.45) is 5.92 Å². The summed E-state index contributed by atoms with van der Waals surface area (Å²) in [6.45, 7) is 0.932. The van der Waals surface area contributed by atoms with E-state index in [0.717, 1.165) is 5.56 Å². The number of nitrogens with zero attached hydrogens (tertiary/aromatic N) is 1. The van der Waals surface area contributed by atoms with E-state index in [1.54, 1.807) is 14.2 Å². The van der Waals surface area contributed by atoms with Crippen LogP contribution >= 0.6 is 11.6 Å². The number of hydrogen-bond acceptors (Lipinski definition) is 6. The number of carbonyl (C=O) groups is 1. The van der Waals surface area contributed by atoms with Gasteiger partial charge in [0, 0.05) is 19.6 Å². The molecule has 1 saturated heterocycles. The number of benzene rings is 2. The maximum absolute atomic E-state index is 13.1. The highest BCUT2D eigenvalue weighted by Gasteiger charge is 2.33. The van der Waals surface area contributed by atoms with Crippen LogP contribution in [0.3, 0.4) is 0 Å².